The second-order valence-electron chi connectivity index (χ2n) is 7.17. The third-order valence-corrected chi connectivity index (χ3v) is 5.42. The first-order valence-electron chi connectivity index (χ1n) is 8.66. The lowest BCUT2D eigenvalue weighted by Gasteiger charge is -2.33. The molecule has 1 aromatic rings. The zero-order valence-corrected chi connectivity index (χ0v) is 16.8. The molecule has 1 heterocycles. The Morgan fingerprint density at radius 1 is 1.29 bits per heavy atom. The van der Waals surface area contributed by atoms with Crippen LogP contribution in [0.3, 0.4) is 0 Å². The number of carbonyl (C=O) groups is 1. The van der Waals surface area contributed by atoms with Gasteiger partial charge in [0, 0.05) is 5.70 Å². The van der Waals surface area contributed by atoms with Crippen molar-refractivity contribution in [1.29, 1.82) is 5.26 Å². The molecule has 146 valence electrons. The molecule has 1 saturated heterocycles. The number of rotatable bonds is 3. The second kappa shape index (κ2) is 6.99. The largest absolute Gasteiger partial charge is 0.492 e. The Labute approximate surface area is 167 Å². The van der Waals surface area contributed by atoms with Crippen LogP contribution < -0.4 is 9.64 Å². The molecule has 0 N–H and O–H groups in total. The monoisotopic (exact) mass is 403 g/mol. The van der Waals surface area contributed by atoms with E-state index in [1.165, 1.54) is 25.3 Å². The Morgan fingerprint density at radius 3 is 2.54 bits per heavy atom. The van der Waals surface area contributed by atoms with Gasteiger partial charge in [-0.1, -0.05) is 0 Å². The highest BCUT2D eigenvalue weighted by molar-refractivity contribution is 7.80. The van der Waals surface area contributed by atoms with Crippen LogP contribution >= 0.6 is 12.2 Å². The minimum Gasteiger partial charge on any atom is -0.492 e. The lowest BCUT2D eigenvalue weighted by atomic mass is 9.97. The standard InChI is InChI=1S/C20H19F2N3O2S/c1-11-5-7-13(9-14(11)21)25-19(28)24(18(26)20(25,2)3)15-8-6-12(10-23)17(27-4)16(15)22/h6,8-9H,5,7H2,1-4H3. The molecular formula is C20H19F2N3O2S. The van der Waals surface area contributed by atoms with E-state index in [4.69, 9.17) is 22.2 Å². The molecule has 1 amide bonds. The SMILES string of the molecule is COc1c(C#N)ccc(N2C(=O)C(C)(C)N(C3=CC(F)=C(C)CC3)C2=S)c1F. The maximum Gasteiger partial charge on any atom is 0.259 e. The fraction of sp³-hybridized carbons (Fsp3) is 0.350. The van der Waals surface area contributed by atoms with E-state index in [0.717, 1.165) is 4.90 Å². The van der Waals surface area contributed by atoms with Crippen LogP contribution in [0.1, 0.15) is 39.2 Å². The van der Waals surface area contributed by atoms with Gasteiger partial charge in [-0.2, -0.15) is 5.26 Å². The lowest BCUT2D eigenvalue weighted by molar-refractivity contribution is -0.122. The Balaban J connectivity index is 2.11. The second-order valence-corrected chi connectivity index (χ2v) is 7.54. The zero-order chi connectivity index (χ0) is 20.8. The number of nitrogens with zero attached hydrogens (tertiary/aromatic N) is 3. The van der Waals surface area contributed by atoms with Crippen molar-refractivity contribution in [2.24, 2.45) is 0 Å². The highest BCUT2D eigenvalue weighted by atomic mass is 32.1. The fourth-order valence-electron chi connectivity index (χ4n) is 3.45. The third kappa shape index (κ3) is 2.87. The molecule has 1 aliphatic carbocycles. The summed E-state index contributed by atoms with van der Waals surface area (Å²) in [4.78, 5) is 15.8. The molecule has 0 spiro atoms. The van der Waals surface area contributed by atoms with Crippen molar-refractivity contribution < 1.29 is 18.3 Å². The van der Waals surface area contributed by atoms with Crippen LogP contribution in [0, 0.1) is 17.1 Å². The molecule has 28 heavy (non-hydrogen) atoms. The van der Waals surface area contributed by atoms with Crippen molar-refractivity contribution in [3.8, 4) is 11.8 Å². The molecule has 0 saturated carbocycles. The fourth-order valence-corrected chi connectivity index (χ4v) is 3.98. The summed E-state index contributed by atoms with van der Waals surface area (Å²) < 4.78 is 34.2. The van der Waals surface area contributed by atoms with E-state index < -0.39 is 17.3 Å². The van der Waals surface area contributed by atoms with Gasteiger partial charge in [0.2, 0.25) is 0 Å². The van der Waals surface area contributed by atoms with Gasteiger partial charge in [-0.25, -0.2) is 8.78 Å². The van der Waals surface area contributed by atoms with Crippen LogP contribution in [0.5, 0.6) is 5.75 Å². The van der Waals surface area contributed by atoms with E-state index in [0.29, 0.717) is 24.1 Å². The van der Waals surface area contributed by atoms with Gasteiger partial charge in [-0.15, -0.1) is 0 Å². The number of carbonyl (C=O) groups excluding carboxylic acids is 1. The molecule has 0 unspecified atom stereocenters. The molecule has 0 bridgehead atoms. The first kappa shape index (κ1) is 20.0. The van der Waals surface area contributed by atoms with Crippen molar-refractivity contribution in [3.63, 3.8) is 0 Å². The third-order valence-electron chi connectivity index (χ3n) is 5.05. The Bertz CT molecular complexity index is 992. The Morgan fingerprint density at radius 2 is 1.96 bits per heavy atom. The van der Waals surface area contributed by atoms with Crippen LogP contribution in [0.4, 0.5) is 14.5 Å². The Hall–Kier alpha value is -2.79. The minimum atomic E-state index is -1.12. The average Bonchev–Trinajstić information content (AvgIpc) is 2.82. The normalized spacial score (nSPS) is 19.1. The number of thiocarbonyl (C=S) groups is 1. The molecular weight excluding hydrogens is 384 g/mol. The van der Waals surface area contributed by atoms with Gasteiger partial charge in [-0.05, 0) is 69.6 Å². The summed E-state index contributed by atoms with van der Waals surface area (Å²) in [5.74, 6) is -1.91. The quantitative estimate of drug-likeness (QED) is 0.703. The van der Waals surface area contributed by atoms with Crippen LogP contribution in [-0.2, 0) is 4.79 Å². The van der Waals surface area contributed by atoms with Gasteiger partial charge in [-0.3, -0.25) is 9.69 Å². The number of hydrogen-bond acceptors (Lipinski definition) is 4. The van der Waals surface area contributed by atoms with Crippen LogP contribution in [0.25, 0.3) is 0 Å². The molecule has 1 aliphatic heterocycles. The number of allylic oxidation sites excluding steroid dienone is 4. The maximum atomic E-state index is 15.0. The summed E-state index contributed by atoms with van der Waals surface area (Å²) in [6, 6.07) is 4.53. The first-order valence-corrected chi connectivity index (χ1v) is 9.07. The molecule has 3 rings (SSSR count). The van der Waals surface area contributed by atoms with Crippen molar-refractivity contribution in [2.45, 2.75) is 39.2 Å². The molecule has 8 heteroatoms. The predicted octanol–water partition coefficient (Wildman–Crippen LogP) is 4.34. The van der Waals surface area contributed by atoms with Crippen molar-refractivity contribution in [1.82, 2.24) is 4.90 Å². The highest BCUT2D eigenvalue weighted by Crippen LogP contribution is 2.41. The van der Waals surface area contributed by atoms with Gasteiger partial charge in [0.05, 0.1) is 18.4 Å². The summed E-state index contributed by atoms with van der Waals surface area (Å²) >= 11 is 5.50. The lowest BCUT2D eigenvalue weighted by Crippen LogP contribution is -2.43. The van der Waals surface area contributed by atoms with Gasteiger partial charge < -0.3 is 9.64 Å². The summed E-state index contributed by atoms with van der Waals surface area (Å²) in [5.41, 5.74) is -0.0185. The number of benzene rings is 1. The van der Waals surface area contributed by atoms with E-state index in [1.807, 2.05) is 6.07 Å². The number of ether oxygens (including phenoxy) is 1. The molecule has 0 atom stereocenters. The number of halogens is 2. The summed E-state index contributed by atoms with van der Waals surface area (Å²) in [6.07, 6.45) is 2.41. The van der Waals surface area contributed by atoms with E-state index in [2.05, 4.69) is 0 Å². The molecule has 1 fully saturated rings. The van der Waals surface area contributed by atoms with Crippen LogP contribution in [0.15, 0.2) is 35.3 Å². The van der Waals surface area contributed by atoms with Gasteiger partial charge in [0.1, 0.15) is 17.4 Å². The summed E-state index contributed by atoms with van der Waals surface area (Å²) in [6.45, 7) is 5.03. The van der Waals surface area contributed by atoms with Gasteiger partial charge >= 0.3 is 0 Å². The number of methoxy groups -OCH3 is 1. The van der Waals surface area contributed by atoms with Gasteiger partial charge in [0.15, 0.2) is 16.7 Å². The van der Waals surface area contributed by atoms with E-state index in [1.54, 1.807) is 25.7 Å². The minimum absolute atomic E-state index is 0.00935. The van der Waals surface area contributed by atoms with Crippen LogP contribution in [0.2, 0.25) is 0 Å². The number of hydrogen-bond donors (Lipinski definition) is 0. The molecule has 1 aromatic carbocycles. The van der Waals surface area contributed by atoms with E-state index in [9.17, 15) is 9.18 Å². The highest BCUT2D eigenvalue weighted by Gasteiger charge is 2.51. The first-order chi connectivity index (χ1) is 13.1. The van der Waals surface area contributed by atoms with E-state index >= 15 is 4.39 Å². The smallest absolute Gasteiger partial charge is 0.259 e. The van der Waals surface area contributed by atoms with Crippen molar-refractivity contribution >= 4 is 28.9 Å². The number of nitriles is 1. The molecule has 5 nitrogen and oxygen atoms in total. The van der Waals surface area contributed by atoms with Crippen LogP contribution in [-0.4, -0.2) is 28.6 Å². The summed E-state index contributed by atoms with van der Waals surface area (Å²) in [7, 11) is 1.24. The molecule has 2 aliphatic rings. The average molecular weight is 403 g/mol. The molecule has 0 aromatic heterocycles. The van der Waals surface area contributed by atoms with E-state index in [-0.39, 0.29) is 27.9 Å². The number of amides is 1. The number of anilines is 1. The van der Waals surface area contributed by atoms with Crippen molar-refractivity contribution in [2.75, 3.05) is 12.0 Å². The topological polar surface area (TPSA) is 56.6 Å². The molecule has 0 radical (unpaired) electrons. The maximum absolute atomic E-state index is 15.0. The summed E-state index contributed by atoms with van der Waals surface area (Å²) in [5, 5.41) is 9.17. The predicted molar refractivity (Wildman–Crippen MR) is 105 cm³/mol. The Kier molecular flexibility index (Phi) is 4.98. The van der Waals surface area contributed by atoms with Crippen molar-refractivity contribution in [3.05, 3.63) is 46.7 Å². The zero-order valence-electron chi connectivity index (χ0n) is 16.0. The van der Waals surface area contributed by atoms with Gasteiger partial charge in [0.25, 0.3) is 5.91 Å².